The summed E-state index contributed by atoms with van der Waals surface area (Å²) < 4.78 is 31.8. The van der Waals surface area contributed by atoms with Gasteiger partial charge in [-0.15, -0.1) is 0 Å². The lowest BCUT2D eigenvalue weighted by atomic mass is 10.1. The number of benzene rings is 2. The van der Waals surface area contributed by atoms with Crippen LogP contribution in [-0.2, 0) is 16.1 Å². The van der Waals surface area contributed by atoms with Crippen molar-refractivity contribution in [1.82, 2.24) is 4.90 Å². The smallest absolute Gasteiger partial charge is 0.410 e. The van der Waals surface area contributed by atoms with Gasteiger partial charge in [0.25, 0.3) is 0 Å². The monoisotopic (exact) mass is 375 g/mol. The van der Waals surface area contributed by atoms with Crippen molar-refractivity contribution < 1.29 is 23.1 Å². The zero-order chi connectivity index (χ0) is 19.4. The van der Waals surface area contributed by atoms with Crippen LogP contribution in [-0.4, -0.2) is 36.1 Å². The van der Waals surface area contributed by atoms with Gasteiger partial charge >= 0.3 is 6.09 Å². The van der Waals surface area contributed by atoms with Crippen molar-refractivity contribution >= 4 is 23.4 Å². The molecule has 3 rings (SSSR count). The van der Waals surface area contributed by atoms with E-state index in [0.717, 1.165) is 23.8 Å². The SMILES string of the molecule is C[C@@H](Nc1cccc(CN2CCOC2=O)c1)C(=O)Nc1cc(F)ccc1F. The number of carbonyl (C=O) groups is 2. The first-order chi connectivity index (χ1) is 12.9. The summed E-state index contributed by atoms with van der Waals surface area (Å²) in [5.41, 5.74) is 1.33. The van der Waals surface area contributed by atoms with Crippen molar-refractivity contribution in [3.05, 3.63) is 59.7 Å². The van der Waals surface area contributed by atoms with Crippen molar-refractivity contribution in [1.29, 1.82) is 0 Å². The molecule has 6 nitrogen and oxygen atoms in total. The van der Waals surface area contributed by atoms with Crippen molar-refractivity contribution in [2.45, 2.75) is 19.5 Å². The minimum Gasteiger partial charge on any atom is -0.448 e. The maximum atomic E-state index is 13.7. The fraction of sp³-hybridized carbons (Fsp3) is 0.263. The van der Waals surface area contributed by atoms with E-state index in [2.05, 4.69) is 10.6 Å². The Hall–Kier alpha value is -3.16. The van der Waals surface area contributed by atoms with Crippen molar-refractivity contribution in [3.8, 4) is 0 Å². The molecule has 2 amide bonds. The van der Waals surface area contributed by atoms with Crippen LogP contribution in [0.25, 0.3) is 0 Å². The Labute approximate surface area is 155 Å². The first kappa shape index (κ1) is 18.6. The largest absolute Gasteiger partial charge is 0.448 e. The molecule has 0 radical (unpaired) electrons. The van der Waals surface area contributed by atoms with E-state index in [1.165, 1.54) is 0 Å². The van der Waals surface area contributed by atoms with Gasteiger partial charge in [-0.25, -0.2) is 13.6 Å². The molecule has 1 saturated heterocycles. The third-order valence-corrected chi connectivity index (χ3v) is 4.11. The van der Waals surface area contributed by atoms with Crippen LogP contribution in [0.15, 0.2) is 42.5 Å². The Bertz CT molecular complexity index is 860. The highest BCUT2D eigenvalue weighted by Crippen LogP contribution is 2.18. The van der Waals surface area contributed by atoms with Crippen LogP contribution in [0.5, 0.6) is 0 Å². The first-order valence-corrected chi connectivity index (χ1v) is 8.45. The summed E-state index contributed by atoms with van der Waals surface area (Å²) in [6, 6.07) is 9.43. The molecule has 0 spiro atoms. The molecule has 1 aliphatic rings. The quantitative estimate of drug-likeness (QED) is 0.812. The molecule has 0 aliphatic carbocycles. The molecule has 0 saturated carbocycles. The van der Waals surface area contributed by atoms with Crippen LogP contribution in [0, 0.1) is 11.6 Å². The maximum Gasteiger partial charge on any atom is 0.410 e. The van der Waals surface area contributed by atoms with Gasteiger partial charge < -0.3 is 20.3 Å². The van der Waals surface area contributed by atoms with E-state index in [-0.39, 0.29) is 11.8 Å². The number of ether oxygens (including phenoxy) is 1. The Morgan fingerprint density at radius 2 is 2.07 bits per heavy atom. The van der Waals surface area contributed by atoms with E-state index in [4.69, 9.17) is 4.74 Å². The molecule has 27 heavy (non-hydrogen) atoms. The minimum atomic E-state index is -0.712. The second-order valence-corrected chi connectivity index (χ2v) is 6.22. The molecule has 0 bridgehead atoms. The number of cyclic esters (lactones) is 1. The molecular weight excluding hydrogens is 356 g/mol. The number of hydrogen-bond donors (Lipinski definition) is 2. The first-order valence-electron chi connectivity index (χ1n) is 8.45. The third-order valence-electron chi connectivity index (χ3n) is 4.11. The van der Waals surface area contributed by atoms with Gasteiger partial charge in [0.1, 0.15) is 24.3 Å². The standard InChI is InChI=1S/C19H19F2N3O3/c1-12(18(25)23-17-10-14(20)5-6-16(17)21)22-15-4-2-3-13(9-15)11-24-7-8-27-19(24)26/h2-6,9-10,12,22H,7-8,11H2,1H3,(H,23,25)/t12-/m1/s1. The molecule has 2 aromatic rings. The molecule has 1 fully saturated rings. The number of rotatable bonds is 6. The van der Waals surface area contributed by atoms with Crippen LogP contribution in [0.1, 0.15) is 12.5 Å². The van der Waals surface area contributed by atoms with Crippen molar-refractivity contribution in [2.24, 2.45) is 0 Å². The summed E-state index contributed by atoms with van der Waals surface area (Å²) in [4.78, 5) is 25.4. The average molecular weight is 375 g/mol. The summed E-state index contributed by atoms with van der Waals surface area (Å²) >= 11 is 0. The second kappa shape index (κ2) is 8.03. The number of nitrogens with zero attached hydrogens (tertiary/aromatic N) is 1. The summed E-state index contributed by atoms with van der Waals surface area (Å²) in [5, 5.41) is 5.37. The van der Waals surface area contributed by atoms with Crippen LogP contribution < -0.4 is 10.6 Å². The van der Waals surface area contributed by atoms with Crippen molar-refractivity contribution in [3.63, 3.8) is 0 Å². The molecule has 1 atom stereocenters. The number of halogens is 2. The highest BCUT2D eigenvalue weighted by Gasteiger charge is 2.22. The fourth-order valence-corrected chi connectivity index (χ4v) is 2.70. The van der Waals surface area contributed by atoms with Crippen LogP contribution in [0.2, 0.25) is 0 Å². The summed E-state index contributed by atoms with van der Waals surface area (Å²) in [6.07, 6.45) is -0.349. The highest BCUT2D eigenvalue weighted by molar-refractivity contribution is 5.96. The molecule has 1 heterocycles. The zero-order valence-electron chi connectivity index (χ0n) is 14.7. The third kappa shape index (κ3) is 4.72. The van der Waals surface area contributed by atoms with Gasteiger partial charge in [-0.05, 0) is 36.8 Å². The molecule has 8 heteroatoms. The Morgan fingerprint density at radius 3 is 2.81 bits per heavy atom. The molecule has 2 aromatic carbocycles. The molecule has 0 unspecified atom stereocenters. The molecule has 142 valence electrons. The van der Waals surface area contributed by atoms with Gasteiger partial charge in [-0.2, -0.15) is 0 Å². The van der Waals surface area contributed by atoms with Gasteiger partial charge in [0, 0.05) is 18.3 Å². The molecule has 2 N–H and O–H groups in total. The Balaban J connectivity index is 1.62. The van der Waals surface area contributed by atoms with E-state index in [1.54, 1.807) is 24.0 Å². The second-order valence-electron chi connectivity index (χ2n) is 6.22. The Kier molecular flexibility index (Phi) is 5.54. The average Bonchev–Trinajstić information content (AvgIpc) is 3.03. The van der Waals surface area contributed by atoms with E-state index in [9.17, 15) is 18.4 Å². The predicted octanol–water partition coefficient (Wildman–Crippen LogP) is 3.36. The number of hydrogen-bond acceptors (Lipinski definition) is 4. The lowest BCUT2D eigenvalue weighted by Crippen LogP contribution is -2.32. The van der Waals surface area contributed by atoms with Gasteiger partial charge in [0.05, 0.1) is 12.2 Å². The molecule has 0 aromatic heterocycles. The van der Waals surface area contributed by atoms with Gasteiger partial charge in [-0.1, -0.05) is 12.1 Å². The lowest BCUT2D eigenvalue weighted by molar-refractivity contribution is -0.116. The molecular formula is C19H19F2N3O3. The number of nitrogens with one attached hydrogen (secondary N) is 2. The van der Waals surface area contributed by atoms with E-state index >= 15 is 0 Å². The summed E-state index contributed by atoms with van der Waals surface area (Å²) in [6.45, 7) is 2.93. The zero-order valence-corrected chi connectivity index (χ0v) is 14.7. The Morgan fingerprint density at radius 1 is 1.26 bits per heavy atom. The topological polar surface area (TPSA) is 70.7 Å². The normalized spacial score (nSPS) is 14.6. The minimum absolute atomic E-state index is 0.213. The van der Waals surface area contributed by atoms with E-state index in [1.807, 2.05) is 12.1 Å². The number of amides is 2. The lowest BCUT2D eigenvalue weighted by Gasteiger charge is -2.17. The van der Waals surface area contributed by atoms with Gasteiger partial charge in [-0.3, -0.25) is 4.79 Å². The van der Waals surface area contributed by atoms with Crippen LogP contribution >= 0.6 is 0 Å². The fourth-order valence-electron chi connectivity index (χ4n) is 2.70. The maximum absolute atomic E-state index is 13.7. The molecule has 1 aliphatic heterocycles. The van der Waals surface area contributed by atoms with Crippen LogP contribution in [0.4, 0.5) is 25.0 Å². The van der Waals surface area contributed by atoms with Gasteiger partial charge in [0.15, 0.2) is 0 Å². The highest BCUT2D eigenvalue weighted by atomic mass is 19.1. The van der Waals surface area contributed by atoms with Crippen LogP contribution in [0.3, 0.4) is 0 Å². The van der Waals surface area contributed by atoms with Crippen molar-refractivity contribution in [2.75, 3.05) is 23.8 Å². The summed E-state index contributed by atoms with van der Waals surface area (Å²) in [5.74, 6) is -1.86. The number of anilines is 2. The van der Waals surface area contributed by atoms with Gasteiger partial charge in [0.2, 0.25) is 5.91 Å². The summed E-state index contributed by atoms with van der Waals surface area (Å²) in [7, 11) is 0. The van der Waals surface area contributed by atoms with E-state index in [0.29, 0.717) is 25.4 Å². The van der Waals surface area contributed by atoms with E-state index < -0.39 is 23.6 Å². The predicted molar refractivity (Wildman–Crippen MR) is 96.3 cm³/mol. The number of carbonyl (C=O) groups excluding carboxylic acids is 2.